The number of fused-ring (bicyclic) bond motifs is 1. The SMILES string of the molecule is NCCNc1ccc2c(c1)nc(CN1CCC(c3cccc(OCc4ccc(Cl)cc4F)n3)CC1)n2CC1CCO1. The van der Waals surface area contributed by atoms with Gasteiger partial charge in [0.05, 0.1) is 30.2 Å². The zero-order chi connectivity index (χ0) is 28.2. The first kappa shape index (κ1) is 27.9. The van der Waals surface area contributed by atoms with Gasteiger partial charge in [-0.05, 0) is 68.8 Å². The first-order chi connectivity index (χ1) is 20.1. The van der Waals surface area contributed by atoms with Crippen molar-refractivity contribution in [3.8, 4) is 5.88 Å². The van der Waals surface area contributed by atoms with E-state index in [0.717, 1.165) is 86.8 Å². The third-order valence-corrected chi connectivity index (χ3v) is 8.22. The molecule has 1 atom stereocenters. The Hall–Kier alpha value is -3.24. The maximum absolute atomic E-state index is 14.1. The van der Waals surface area contributed by atoms with Gasteiger partial charge in [0.2, 0.25) is 5.88 Å². The lowest BCUT2D eigenvalue weighted by molar-refractivity contribution is -0.0592. The highest BCUT2D eigenvalue weighted by molar-refractivity contribution is 6.30. The first-order valence-electron chi connectivity index (χ1n) is 14.4. The number of pyridine rings is 1. The van der Waals surface area contributed by atoms with Crippen molar-refractivity contribution in [2.45, 2.75) is 51.0 Å². The van der Waals surface area contributed by atoms with Crippen LogP contribution in [0.1, 0.15) is 42.3 Å². The summed E-state index contributed by atoms with van der Waals surface area (Å²) < 4.78 is 28.1. The van der Waals surface area contributed by atoms with Crippen molar-refractivity contribution in [3.63, 3.8) is 0 Å². The fourth-order valence-electron chi connectivity index (χ4n) is 5.58. The number of rotatable bonds is 11. The van der Waals surface area contributed by atoms with Gasteiger partial charge in [-0.2, -0.15) is 0 Å². The van der Waals surface area contributed by atoms with Crippen molar-refractivity contribution in [2.75, 3.05) is 38.1 Å². The molecule has 2 aliphatic heterocycles. The molecule has 4 heterocycles. The van der Waals surface area contributed by atoms with Gasteiger partial charge in [-0.25, -0.2) is 14.4 Å². The lowest BCUT2D eigenvalue weighted by Crippen LogP contribution is -2.35. The van der Waals surface area contributed by atoms with E-state index >= 15 is 0 Å². The predicted molar refractivity (Wildman–Crippen MR) is 159 cm³/mol. The molecule has 2 aromatic heterocycles. The van der Waals surface area contributed by atoms with Crippen LogP contribution in [0, 0.1) is 5.82 Å². The van der Waals surface area contributed by atoms with Crippen molar-refractivity contribution < 1.29 is 13.9 Å². The lowest BCUT2D eigenvalue weighted by Gasteiger charge is -2.32. The number of nitrogens with two attached hydrogens (primary N) is 1. The van der Waals surface area contributed by atoms with E-state index in [1.54, 1.807) is 12.1 Å². The van der Waals surface area contributed by atoms with Gasteiger partial charge >= 0.3 is 0 Å². The molecule has 0 saturated carbocycles. The van der Waals surface area contributed by atoms with E-state index in [-0.39, 0.29) is 18.5 Å². The predicted octanol–water partition coefficient (Wildman–Crippen LogP) is 5.34. The Balaban J connectivity index is 1.09. The van der Waals surface area contributed by atoms with Crippen molar-refractivity contribution in [3.05, 3.63) is 82.5 Å². The number of ether oxygens (including phenoxy) is 2. The average Bonchev–Trinajstić information content (AvgIpc) is 3.29. The van der Waals surface area contributed by atoms with E-state index in [9.17, 15) is 4.39 Å². The van der Waals surface area contributed by atoms with Gasteiger partial charge < -0.3 is 25.1 Å². The minimum atomic E-state index is -0.376. The first-order valence-corrected chi connectivity index (χ1v) is 14.7. The van der Waals surface area contributed by atoms with Crippen LogP contribution in [0.2, 0.25) is 5.02 Å². The largest absolute Gasteiger partial charge is 0.473 e. The summed E-state index contributed by atoms with van der Waals surface area (Å²) in [5, 5.41) is 3.73. The second-order valence-corrected chi connectivity index (χ2v) is 11.3. The quantitative estimate of drug-likeness (QED) is 0.248. The Morgan fingerprint density at radius 1 is 1.07 bits per heavy atom. The molecular formula is C31H36ClFN6O2. The molecule has 1 unspecified atom stereocenters. The fourth-order valence-corrected chi connectivity index (χ4v) is 5.74. The summed E-state index contributed by atoms with van der Waals surface area (Å²) in [6, 6.07) is 16.8. The number of nitrogens with zero attached hydrogens (tertiary/aromatic N) is 4. The van der Waals surface area contributed by atoms with Crippen LogP contribution in [0.3, 0.4) is 0 Å². The Morgan fingerprint density at radius 2 is 1.93 bits per heavy atom. The highest BCUT2D eigenvalue weighted by Gasteiger charge is 2.26. The fraction of sp³-hybridized carbons (Fsp3) is 0.419. The summed E-state index contributed by atoms with van der Waals surface area (Å²) >= 11 is 5.86. The second-order valence-electron chi connectivity index (χ2n) is 10.8. The third kappa shape index (κ3) is 6.64. The number of likely N-dealkylation sites (tertiary alicyclic amines) is 1. The molecule has 0 amide bonds. The molecule has 0 bridgehead atoms. The normalized spacial score (nSPS) is 18.0. The highest BCUT2D eigenvalue weighted by Crippen LogP contribution is 2.30. The van der Waals surface area contributed by atoms with E-state index in [2.05, 4.69) is 39.0 Å². The molecule has 216 valence electrons. The number of nitrogens with one attached hydrogen (secondary N) is 1. The van der Waals surface area contributed by atoms with Gasteiger partial charge in [0, 0.05) is 53.6 Å². The summed E-state index contributed by atoms with van der Waals surface area (Å²) in [5.74, 6) is 1.55. The minimum absolute atomic E-state index is 0.107. The van der Waals surface area contributed by atoms with Gasteiger partial charge in [-0.1, -0.05) is 23.7 Å². The third-order valence-electron chi connectivity index (χ3n) is 7.99. The van der Waals surface area contributed by atoms with Crippen LogP contribution in [-0.4, -0.2) is 58.3 Å². The number of imidazole rings is 1. The van der Waals surface area contributed by atoms with E-state index in [4.69, 9.17) is 36.8 Å². The molecule has 3 N–H and O–H groups in total. The Bertz CT molecular complexity index is 1480. The summed E-state index contributed by atoms with van der Waals surface area (Å²) in [5.41, 5.74) is 10.3. The van der Waals surface area contributed by atoms with Gasteiger partial charge in [0.15, 0.2) is 0 Å². The van der Waals surface area contributed by atoms with Crippen molar-refractivity contribution in [1.82, 2.24) is 19.4 Å². The molecule has 10 heteroatoms. The molecule has 2 aromatic carbocycles. The summed E-state index contributed by atoms with van der Waals surface area (Å²) in [6.07, 6.45) is 3.34. The maximum Gasteiger partial charge on any atom is 0.213 e. The zero-order valence-corrected chi connectivity index (χ0v) is 23.8. The van der Waals surface area contributed by atoms with E-state index in [1.807, 2.05) is 12.1 Å². The van der Waals surface area contributed by atoms with Gasteiger partial charge in [0.1, 0.15) is 18.2 Å². The van der Waals surface area contributed by atoms with Crippen LogP contribution in [-0.2, 0) is 24.4 Å². The monoisotopic (exact) mass is 578 g/mol. The van der Waals surface area contributed by atoms with Crippen LogP contribution in [0.5, 0.6) is 5.88 Å². The molecule has 8 nitrogen and oxygen atoms in total. The van der Waals surface area contributed by atoms with Crippen LogP contribution in [0.25, 0.3) is 11.0 Å². The van der Waals surface area contributed by atoms with Crippen LogP contribution >= 0.6 is 11.6 Å². The topological polar surface area (TPSA) is 90.5 Å². The average molecular weight is 579 g/mol. The van der Waals surface area contributed by atoms with Crippen LogP contribution in [0.15, 0.2) is 54.6 Å². The molecule has 2 saturated heterocycles. The standard InChI is InChI=1S/C31H36ClFN6O2/c32-23-5-4-22(26(33)16-23)20-41-31-3-1-2-27(37-31)21-8-13-38(14-9-21)19-30-36-28-17-24(35-12-11-34)6-7-29(28)39(30)18-25-10-15-40-25/h1-7,16-17,21,25,35H,8-15,18-20,34H2. The van der Waals surface area contributed by atoms with Gasteiger partial charge in [-0.15, -0.1) is 0 Å². The molecule has 2 fully saturated rings. The zero-order valence-electron chi connectivity index (χ0n) is 23.1. The van der Waals surface area contributed by atoms with Crippen LogP contribution < -0.4 is 15.8 Å². The molecule has 4 aromatic rings. The highest BCUT2D eigenvalue weighted by atomic mass is 35.5. The number of halogens is 2. The molecule has 0 spiro atoms. The number of benzene rings is 2. The number of anilines is 1. The Kier molecular flexibility index (Phi) is 8.67. The molecule has 0 aliphatic carbocycles. The summed E-state index contributed by atoms with van der Waals surface area (Å²) in [6.45, 7) is 5.80. The number of hydrogen-bond donors (Lipinski definition) is 2. The Morgan fingerprint density at radius 3 is 2.68 bits per heavy atom. The summed E-state index contributed by atoms with van der Waals surface area (Å²) in [4.78, 5) is 12.3. The van der Waals surface area contributed by atoms with Gasteiger partial charge in [0.25, 0.3) is 0 Å². The van der Waals surface area contributed by atoms with E-state index in [0.29, 0.717) is 28.9 Å². The maximum atomic E-state index is 14.1. The Labute approximate surface area is 244 Å². The molecular weight excluding hydrogens is 543 g/mol. The molecule has 41 heavy (non-hydrogen) atoms. The second kappa shape index (κ2) is 12.7. The smallest absolute Gasteiger partial charge is 0.213 e. The molecule has 0 radical (unpaired) electrons. The van der Waals surface area contributed by atoms with Crippen molar-refractivity contribution in [1.29, 1.82) is 0 Å². The number of piperidine rings is 1. The molecule has 6 rings (SSSR count). The minimum Gasteiger partial charge on any atom is -0.473 e. The molecule has 2 aliphatic rings. The van der Waals surface area contributed by atoms with Crippen molar-refractivity contribution in [2.24, 2.45) is 5.73 Å². The lowest BCUT2D eigenvalue weighted by atomic mass is 9.93. The van der Waals surface area contributed by atoms with Gasteiger partial charge in [-0.3, -0.25) is 4.90 Å². The van der Waals surface area contributed by atoms with E-state index < -0.39 is 0 Å². The number of aromatic nitrogens is 3. The van der Waals surface area contributed by atoms with E-state index in [1.165, 1.54) is 6.07 Å². The summed E-state index contributed by atoms with van der Waals surface area (Å²) in [7, 11) is 0. The van der Waals surface area contributed by atoms with Crippen LogP contribution in [0.4, 0.5) is 10.1 Å². The van der Waals surface area contributed by atoms with Crippen molar-refractivity contribution >= 4 is 28.3 Å². The number of hydrogen-bond acceptors (Lipinski definition) is 7.